The minimum Gasteiger partial charge on any atom is -0.389 e. The Morgan fingerprint density at radius 2 is 2.25 bits per heavy atom. The van der Waals surface area contributed by atoms with E-state index in [0.29, 0.717) is 5.92 Å². The van der Waals surface area contributed by atoms with Crippen LogP contribution in [-0.4, -0.2) is 10.7 Å². The van der Waals surface area contributed by atoms with E-state index in [1.807, 2.05) is 12.1 Å². The van der Waals surface area contributed by atoms with Crippen LogP contribution in [0.5, 0.6) is 0 Å². The van der Waals surface area contributed by atoms with Crippen molar-refractivity contribution in [3.05, 3.63) is 34.3 Å². The van der Waals surface area contributed by atoms with Gasteiger partial charge in [0.15, 0.2) is 0 Å². The summed E-state index contributed by atoms with van der Waals surface area (Å²) in [4.78, 5) is 0. The lowest BCUT2D eigenvalue weighted by molar-refractivity contribution is -0.0405. The van der Waals surface area contributed by atoms with Crippen LogP contribution in [0.3, 0.4) is 0 Å². The van der Waals surface area contributed by atoms with E-state index in [2.05, 4.69) is 35.0 Å². The van der Waals surface area contributed by atoms with E-state index >= 15 is 0 Å². The minimum atomic E-state index is -0.487. The van der Waals surface area contributed by atoms with Crippen LogP contribution in [0, 0.1) is 5.92 Å². The van der Waals surface area contributed by atoms with Crippen LogP contribution in [0.25, 0.3) is 0 Å². The summed E-state index contributed by atoms with van der Waals surface area (Å²) in [5, 5.41) is 10.7. The Kier molecular flexibility index (Phi) is 3.70. The fraction of sp³-hybridized carbons (Fsp3) is 0.571. The number of aliphatic hydroxyl groups is 1. The normalized spacial score (nSPS) is 30.3. The maximum absolute atomic E-state index is 10.7. The molecule has 16 heavy (non-hydrogen) atoms. The number of hydrogen-bond acceptors (Lipinski definition) is 1. The molecule has 0 spiro atoms. The molecule has 0 heterocycles. The smallest absolute Gasteiger partial charge is 0.0713 e. The molecule has 1 N–H and O–H groups in total. The maximum Gasteiger partial charge on any atom is 0.0713 e. The third kappa shape index (κ3) is 2.67. The molecule has 1 saturated carbocycles. The van der Waals surface area contributed by atoms with E-state index in [0.717, 1.165) is 30.2 Å². The topological polar surface area (TPSA) is 20.2 Å². The second kappa shape index (κ2) is 4.89. The average Bonchev–Trinajstić information content (AvgIpc) is 2.23. The summed E-state index contributed by atoms with van der Waals surface area (Å²) in [7, 11) is 0. The summed E-state index contributed by atoms with van der Waals surface area (Å²) in [5.74, 6) is 0.417. The lowest BCUT2D eigenvalue weighted by Crippen LogP contribution is -2.41. The molecule has 1 fully saturated rings. The van der Waals surface area contributed by atoms with Crippen LogP contribution in [0.1, 0.15) is 38.2 Å². The van der Waals surface area contributed by atoms with E-state index in [-0.39, 0.29) is 0 Å². The second-order valence-electron chi connectivity index (χ2n) is 5.06. The average molecular weight is 283 g/mol. The predicted molar refractivity (Wildman–Crippen MR) is 70.4 cm³/mol. The van der Waals surface area contributed by atoms with Gasteiger partial charge in [0, 0.05) is 10.9 Å². The van der Waals surface area contributed by atoms with Crippen molar-refractivity contribution in [2.24, 2.45) is 5.92 Å². The Balaban J connectivity index is 2.13. The van der Waals surface area contributed by atoms with Crippen molar-refractivity contribution in [1.29, 1.82) is 0 Å². The van der Waals surface area contributed by atoms with Crippen LogP contribution in [-0.2, 0) is 6.42 Å². The molecule has 1 aliphatic carbocycles. The van der Waals surface area contributed by atoms with Crippen molar-refractivity contribution < 1.29 is 5.11 Å². The fourth-order valence-corrected chi connectivity index (χ4v) is 3.11. The number of rotatable bonds is 2. The Morgan fingerprint density at radius 1 is 1.44 bits per heavy atom. The number of halogens is 1. The molecule has 1 aromatic rings. The zero-order valence-electron chi connectivity index (χ0n) is 9.75. The van der Waals surface area contributed by atoms with Gasteiger partial charge in [0.05, 0.1) is 5.60 Å². The summed E-state index contributed by atoms with van der Waals surface area (Å²) in [5.41, 5.74) is 0.740. The molecule has 1 nitrogen and oxygen atoms in total. The van der Waals surface area contributed by atoms with Crippen LogP contribution >= 0.6 is 15.9 Å². The molecule has 0 aliphatic heterocycles. The number of hydrogen-bond donors (Lipinski definition) is 1. The molecule has 0 amide bonds. The van der Waals surface area contributed by atoms with Crippen LogP contribution in [0.2, 0.25) is 0 Å². The van der Waals surface area contributed by atoms with Gasteiger partial charge in [-0.2, -0.15) is 0 Å². The first kappa shape index (κ1) is 12.1. The van der Waals surface area contributed by atoms with Crippen molar-refractivity contribution in [1.82, 2.24) is 0 Å². The molecule has 1 aliphatic rings. The molecule has 2 atom stereocenters. The quantitative estimate of drug-likeness (QED) is 0.871. The van der Waals surface area contributed by atoms with Crippen molar-refractivity contribution in [3.8, 4) is 0 Å². The van der Waals surface area contributed by atoms with Gasteiger partial charge in [0.25, 0.3) is 0 Å². The molecule has 0 bridgehead atoms. The largest absolute Gasteiger partial charge is 0.389 e. The molecular formula is C14H19BrO. The Labute approximate surface area is 106 Å². The van der Waals surface area contributed by atoms with Crippen LogP contribution in [0.4, 0.5) is 0 Å². The summed E-state index contributed by atoms with van der Waals surface area (Å²) >= 11 is 3.48. The van der Waals surface area contributed by atoms with Gasteiger partial charge in [-0.3, -0.25) is 0 Å². The summed E-state index contributed by atoms with van der Waals surface area (Å²) in [6.07, 6.45) is 5.32. The molecule has 88 valence electrons. The zero-order chi connectivity index (χ0) is 11.6. The highest BCUT2D eigenvalue weighted by molar-refractivity contribution is 9.10. The van der Waals surface area contributed by atoms with Gasteiger partial charge < -0.3 is 5.11 Å². The summed E-state index contributed by atoms with van der Waals surface area (Å²) in [6, 6.07) is 8.28. The molecule has 0 radical (unpaired) electrons. The molecule has 0 saturated heterocycles. The van der Waals surface area contributed by atoms with Crippen molar-refractivity contribution in [2.75, 3.05) is 0 Å². The molecule has 0 aromatic heterocycles. The van der Waals surface area contributed by atoms with Gasteiger partial charge in [-0.1, -0.05) is 47.8 Å². The van der Waals surface area contributed by atoms with E-state index in [1.165, 1.54) is 12.0 Å². The van der Waals surface area contributed by atoms with E-state index < -0.39 is 5.60 Å². The van der Waals surface area contributed by atoms with E-state index in [1.54, 1.807) is 0 Å². The summed E-state index contributed by atoms with van der Waals surface area (Å²) < 4.78 is 1.09. The minimum absolute atomic E-state index is 0.417. The van der Waals surface area contributed by atoms with Gasteiger partial charge in [-0.05, 0) is 36.5 Å². The monoisotopic (exact) mass is 282 g/mol. The molecular weight excluding hydrogens is 264 g/mol. The first-order chi connectivity index (χ1) is 7.60. The van der Waals surface area contributed by atoms with Gasteiger partial charge in [-0.25, -0.2) is 0 Å². The fourth-order valence-electron chi connectivity index (χ4n) is 2.66. The maximum atomic E-state index is 10.7. The molecule has 1 aromatic carbocycles. The third-order valence-electron chi connectivity index (χ3n) is 3.81. The van der Waals surface area contributed by atoms with Crippen molar-refractivity contribution in [3.63, 3.8) is 0 Å². The molecule has 2 rings (SSSR count). The number of benzene rings is 1. The van der Waals surface area contributed by atoms with Crippen molar-refractivity contribution in [2.45, 2.75) is 44.6 Å². The predicted octanol–water partition coefficient (Wildman–Crippen LogP) is 3.93. The molecule has 2 unspecified atom stereocenters. The highest BCUT2D eigenvalue weighted by Crippen LogP contribution is 2.36. The zero-order valence-corrected chi connectivity index (χ0v) is 11.3. The highest BCUT2D eigenvalue weighted by Gasteiger charge is 2.35. The van der Waals surface area contributed by atoms with Gasteiger partial charge in [-0.15, -0.1) is 0 Å². The Bertz CT molecular complexity index is 364. The second-order valence-corrected chi connectivity index (χ2v) is 5.97. The van der Waals surface area contributed by atoms with Gasteiger partial charge in [0.1, 0.15) is 0 Å². The SMILES string of the molecule is CC1CCCCC1(O)Cc1cccc(Br)c1. The highest BCUT2D eigenvalue weighted by atomic mass is 79.9. The van der Waals surface area contributed by atoms with E-state index in [9.17, 15) is 5.11 Å². The first-order valence-electron chi connectivity index (χ1n) is 6.07. The van der Waals surface area contributed by atoms with Gasteiger partial charge >= 0.3 is 0 Å². The van der Waals surface area contributed by atoms with Gasteiger partial charge in [0.2, 0.25) is 0 Å². The lowest BCUT2D eigenvalue weighted by atomic mass is 9.73. The summed E-state index contributed by atoms with van der Waals surface area (Å²) in [6.45, 7) is 2.18. The standard InChI is InChI=1S/C14H19BrO/c1-11-5-2-3-8-14(11,16)10-12-6-4-7-13(15)9-12/h4,6-7,9,11,16H,2-3,5,8,10H2,1H3. The Hall–Kier alpha value is -0.340. The Morgan fingerprint density at radius 3 is 2.94 bits per heavy atom. The lowest BCUT2D eigenvalue weighted by Gasteiger charge is -2.38. The van der Waals surface area contributed by atoms with E-state index in [4.69, 9.17) is 0 Å². The third-order valence-corrected chi connectivity index (χ3v) is 4.31. The van der Waals surface area contributed by atoms with Crippen LogP contribution < -0.4 is 0 Å². The molecule has 2 heteroatoms. The van der Waals surface area contributed by atoms with Crippen molar-refractivity contribution >= 4 is 15.9 Å². The van der Waals surface area contributed by atoms with Crippen LogP contribution in [0.15, 0.2) is 28.7 Å². The first-order valence-corrected chi connectivity index (χ1v) is 6.86.